The number of hydrogen-bond donors (Lipinski definition) is 0. The van der Waals surface area contributed by atoms with E-state index in [1.165, 1.54) is 11.1 Å². The van der Waals surface area contributed by atoms with Gasteiger partial charge in [-0.2, -0.15) is 5.10 Å². The van der Waals surface area contributed by atoms with Gasteiger partial charge >= 0.3 is 0 Å². The molecule has 15 heavy (non-hydrogen) atoms. The van der Waals surface area contributed by atoms with Crippen molar-refractivity contribution in [2.75, 3.05) is 0 Å². The minimum absolute atomic E-state index is 0.650. The van der Waals surface area contributed by atoms with Crippen molar-refractivity contribution in [1.29, 1.82) is 0 Å². The van der Waals surface area contributed by atoms with Gasteiger partial charge in [-0.15, -0.1) is 0 Å². The monoisotopic (exact) mass is 220 g/mol. The average molecular weight is 221 g/mol. The summed E-state index contributed by atoms with van der Waals surface area (Å²) in [6.45, 7) is 6.08. The van der Waals surface area contributed by atoms with Gasteiger partial charge < -0.3 is 0 Å². The lowest BCUT2D eigenvalue weighted by Gasteiger charge is -2.05. The predicted octanol–water partition coefficient (Wildman–Crippen LogP) is 3.45. The quantitative estimate of drug-likeness (QED) is 0.720. The van der Waals surface area contributed by atoms with E-state index >= 15 is 0 Å². The Kier molecular flexibility index (Phi) is 2.53. The first kappa shape index (κ1) is 10.2. The van der Waals surface area contributed by atoms with E-state index in [4.69, 9.17) is 11.6 Å². The summed E-state index contributed by atoms with van der Waals surface area (Å²) in [5.41, 5.74) is 4.38. The lowest BCUT2D eigenvalue weighted by molar-refractivity contribution is 0.861. The minimum atomic E-state index is 0.650. The summed E-state index contributed by atoms with van der Waals surface area (Å²) >= 11 is 6.08. The fourth-order valence-electron chi connectivity index (χ4n) is 1.72. The molecule has 1 aromatic heterocycles. The van der Waals surface area contributed by atoms with Crippen LogP contribution in [0.2, 0.25) is 5.15 Å². The van der Waals surface area contributed by atoms with Crippen molar-refractivity contribution in [3.05, 3.63) is 46.2 Å². The molecule has 0 saturated carbocycles. The molecule has 2 aromatic rings. The van der Waals surface area contributed by atoms with Gasteiger partial charge in [-0.3, -0.25) is 0 Å². The Labute approximate surface area is 94.5 Å². The van der Waals surface area contributed by atoms with Gasteiger partial charge in [0.15, 0.2) is 0 Å². The van der Waals surface area contributed by atoms with Crippen molar-refractivity contribution < 1.29 is 0 Å². The second-order valence-corrected chi connectivity index (χ2v) is 4.25. The molecule has 1 heterocycles. The predicted molar refractivity (Wildman–Crippen MR) is 62.8 cm³/mol. The molecular formula is C12H13ClN2. The second kappa shape index (κ2) is 3.70. The first-order chi connectivity index (χ1) is 7.06. The molecule has 0 N–H and O–H groups in total. The van der Waals surface area contributed by atoms with Gasteiger partial charge in [0.05, 0.1) is 11.4 Å². The highest BCUT2D eigenvalue weighted by Gasteiger charge is 2.05. The number of aromatic nitrogens is 2. The number of benzene rings is 1. The molecule has 2 nitrogen and oxygen atoms in total. The highest BCUT2D eigenvalue weighted by Crippen LogP contribution is 2.19. The molecule has 0 spiro atoms. The van der Waals surface area contributed by atoms with Crippen molar-refractivity contribution in [1.82, 2.24) is 9.78 Å². The lowest BCUT2D eigenvalue weighted by Crippen LogP contribution is -1.97. The molecular weight excluding hydrogens is 208 g/mol. The van der Waals surface area contributed by atoms with Gasteiger partial charge in [-0.25, -0.2) is 4.68 Å². The molecule has 0 aliphatic heterocycles. The van der Waals surface area contributed by atoms with E-state index in [1.54, 1.807) is 4.68 Å². The molecule has 3 heteroatoms. The Morgan fingerprint density at radius 2 is 1.60 bits per heavy atom. The van der Waals surface area contributed by atoms with Gasteiger partial charge in [0.1, 0.15) is 5.15 Å². The fourth-order valence-corrected chi connectivity index (χ4v) is 2.02. The van der Waals surface area contributed by atoms with Crippen LogP contribution in [0.4, 0.5) is 0 Å². The van der Waals surface area contributed by atoms with Crippen LogP contribution in [-0.4, -0.2) is 9.78 Å². The van der Waals surface area contributed by atoms with Gasteiger partial charge in [-0.1, -0.05) is 17.7 Å². The van der Waals surface area contributed by atoms with Crippen LogP contribution >= 0.6 is 11.6 Å². The molecule has 0 bridgehead atoms. The molecule has 2 rings (SSSR count). The van der Waals surface area contributed by atoms with Gasteiger partial charge in [0.25, 0.3) is 0 Å². The van der Waals surface area contributed by atoms with Gasteiger partial charge in [0, 0.05) is 0 Å². The maximum Gasteiger partial charge on any atom is 0.133 e. The highest BCUT2D eigenvalue weighted by atomic mass is 35.5. The Balaban J connectivity index is 2.58. The van der Waals surface area contributed by atoms with E-state index in [-0.39, 0.29) is 0 Å². The second-order valence-electron chi connectivity index (χ2n) is 3.87. The summed E-state index contributed by atoms with van der Waals surface area (Å²) in [6.07, 6.45) is 0. The Hall–Kier alpha value is -1.28. The van der Waals surface area contributed by atoms with Gasteiger partial charge in [-0.05, 0) is 50.1 Å². The van der Waals surface area contributed by atoms with Crippen LogP contribution < -0.4 is 0 Å². The van der Waals surface area contributed by atoms with Crippen LogP contribution in [0, 0.1) is 20.8 Å². The molecule has 0 unspecified atom stereocenters. The molecule has 1 aromatic carbocycles. The van der Waals surface area contributed by atoms with Crippen molar-refractivity contribution in [3.63, 3.8) is 0 Å². The Bertz CT molecular complexity index is 480. The van der Waals surface area contributed by atoms with Crippen LogP contribution in [0.25, 0.3) is 5.69 Å². The van der Waals surface area contributed by atoms with E-state index in [2.05, 4.69) is 37.1 Å². The average Bonchev–Trinajstić information content (AvgIpc) is 2.43. The summed E-state index contributed by atoms with van der Waals surface area (Å²) in [5.74, 6) is 0. The minimum Gasteiger partial charge on any atom is -0.222 e. The number of nitrogens with zero attached hydrogens (tertiary/aromatic N) is 2. The SMILES string of the molecule is Cc1cc(C)cc(-n2nc(C)cc2Cl)c1. The molecule has 0 atom stereocenters. The number of halogens is 1. The summed E-state index contributed by atoms with van der Waals surface area (Å²) < 4.78 is 1.76. The number of aryl methyl sites for hydroxylation is 3. The normalized spacial score (nSPS) is 10.7. The van der Waals surface area contributed by atoms with E-state index in [1.807, 2.05) is 13.0 Å². The van der Waals surface area contributed by atoms with Crippen LogP contribution in [0.3, 0.4) is 0 Å². The zero-order valence-electron chi connectivity index (χ0n) is 9.08. The molecule has 0 amide bonds. The van der Waals surface area contributed by atoms with Crippen molar-refractivity contribution >= 4 is 11.6 Å². The summed E-state index contributed by atoms with van der Waals surface area (Å²) in [7, 11) is 0. The molecule has 0 fully saturated rings. The first-order valence-corrected chi connectivity index (χ1v) is 5.25. The fraction of sp³-hybridized carbons (Fsp3) is 0.250. The van der Waals surface area contributed by atoms with Crippen LogP contribution in [0.5, 0.6) is 0 Å². The van der Waals surface area contributed by atoms with E-state index in [0.717, 1.165) is 11.4 Å². The smallest absolute Gasteiger partial charge is 0.133 e. The number of hydrogen-bond acceptors (Lipinski definition) is 1. The van der Waals surface area contributed by atoms with Crippen molar-refractivity contribution in [2.45, 2.75) is 20.8 Å². The molecule has 0 aliphatic rings. The molecule has 0 aliphatic carbocycles. The molecule has 0 radical (unpaired) electrons. The van der Waals surface area contributed by atoms with Gasteiger partial charge in [0.2, 0.25) is 0 Å². The largest absolute Gasteiger partial charge is 0.222 e. The summed E-state index contributed by atoms with van der Waals surface area (Å²) in [5, 5.41) is 5.00. The first-order valence-electron chi connectivity index (χ1n) is 4.87. The maximum absolute atomic E-state index is 6.08. The maximum atomic E-state index is 6.08. The zero-order valence-corrected chi connectivity index (χ0v) is 9.84. The van der Waals surface area contributed by atoms with E-state index < -0.39 is 0 Å². The van der Waals surface area contributed by atoms with E-state index in [0.29, 0.717) is 5.15 Å². The van der Waals surface area contributed by atoms with Crippen LogP contribution in [-0.2, 0) is 0 Å². The third-order valence-corrected chi connectivity index (χ3v) is 2.51. The third-order valence-electron chi connectivity index (χ3n) is 2.24. The van der Waals surface area contributed by atoms with Crippen LogP contribution in [0.1, 0.15) is 16.8 Å². The van der Waals surface area contributed by atoms with E-state index in [9.17, 15) is 0 Å². The third kappa shape index (κ3) is 2.05. The summed E-state index contributed by atoms with van der Waals surface area (Å²) in [6, 6.07) is 8.14. The van der Waals surface area contributed by atoms with Crippen LogP contribution in [0.15, 0.2) is 24.3 Å². The Morgan fingerprint density at radius 1 is 1.00 bits per heavy atom. The van der Waals surface area contributed by atoms with Crippen molar-refractivity contribution in [2.24, 2.45) is 0 Å². The Morgan fingerprint density at radius 3 is 2.07 bits per heavy atom. The highest BCUT2D eigenvalue weighted by molar-refractivity contribution is 6.29. The summed E-state index contributed by atoms with van der Waals surface area (Å²) in [4.78, 5) is 0. The topological polar surface area (TPSA) is 17.8 Å². The number of rotatable bonds is 1. The molecule has 78 valence electrons. The molecule has 0 saturated heterocycles. The lowest BCUT2D eigenvalue weighted by atomic mass is 10.1. The zero-order chi connectivity index (χ0) is 11.0. The van der Waals surface area contributed by atoms with Crippen molar-refractivity contribution in [3.8, 4) is 5.69 Å². The standard InChI is InChI=1S/C12H13ClN2/c1-8-4-9(2)6-11(5-8)15-12(13)7-10(3)14-15/h4-7H,1-3H3.